The van der Waals surface area contributed by atoms with Crippen molar-refractivity contribution in [1.29, 1.82) is 0 Å². The molecule has 1 heterocycles. The molecule has 0 saturated heterocycles. The molecule has 0 saturated carbocycles. The molecule has 1 aromatic heterocycles. The number of nitrogens with zero attached hydrogens (tertiary/aromatic N) is 1. The zero-order valence-corrected chi connectivity index (χ0v) is 12.4. The maximum Gasteiger partial charge on any atom is 0.178 e. The molecule has 110 valence electrons. The van der Waals surface area contributed by atoms with Crippen LogP contribution in [0.25, 0.3) is 11.0 Å². The van der Waals surface area contributed by atoms with Gasteiger partial charge >= 0.3 is 0 Å². The van der Waals surface area contributed by atoms with Crippen molar-refractivity contribution in [3.05, 3.63) is 28.5 Å². The Bertz CT molecular complexity index is 648. The highest BCUT2D eigenvalue weighted by atomic mass is 32.1. The zero-order valence-electron chi connectivity index (χ0n) is 11.6. The number of aromatic amines is 1. The fourth-order valence-electron chi connectivity index (χ4n) is 2.09. The van der Waals surface area contributed by atoms with Crippen LogP contribution in [0.15, 0.2) is 12.1 Å². The lowest BCUT2D eigenvalue weighted by atomic mass is 10.2. The Morgan fingerprint density at radius 2 is 2.05 bits per heavy atom. The predicted octanol–water partition coefficient (Wildman–Crippen LogP) is 4.18. The number of fused-ring (bicyclic) bond motifs is 1. The molecular formula is C14H18F2N2OS. The normalized spacial score (nSPS) is 11.7. The monoisotopic (exact) mass is 300 g/mol. The summed E-state index contributed by atoms with van der Waals surface area (Å²) in [5, 5.41) is 0. The summed E-state index contributed by atoms with van der Waals surface area (Å²) in [5.41, 5.74) is 0.729. The van der Waals surface area contributed by atoms with Gasteiger partial charge in [-0.15, -0.1) is 0 Å². The Kier molecular flexibility index (Phi) is 4.88. The molecule has 6 heteroatoms. The van der Waals surface area contributed by atoms with E-state index in [1.165, 1.54) is 6.07 Å². The molecule has 0 aliphatic carbocycles. The quantitative estimate of drug-likeness (QED) is 0.640. The van der Waals surface area contributed by atoms with E-state index in [0.29, 0.717) is 23.4 Å². The number of rotatable bonds is 6. The van der Waals surface area contributed by atoms with Crippen LogP contribution in [0.4, 0.5) is 8.78 Å². The van der Waals surface area contributed by atoms with Crippen LogP contribution in [0, 0.1) is 16.4 Å². The number of aromatic nitrogens is 2. The van der Waals surface area contributed by atoms with Gasteiger partial charge in [-0.25, -0.2) is 8.78 Å². The van der Waals surface area contributed by atoms with E-state index in [-0.39, 0.29) is 11.6 Å². The lowest BCUT2D eigenvalue weighted by Crippen LogP contribution is -2.05. The molecule has 0 atom stereocenters. The van der Waals surface area contributed by atoms with Gasteiger partial charge < -0.3 is 14.3 Å². The lowest BCUT2D eigenvalue weighted by molar-refractivity contribution is 0.0754. The van der Waals surface area contributed by atoms with Gasteiger partial charge in [0.1, 0.15) is 11.3 Å². The molecule has 1 aromatic carbocycles. The molecule has 0 fully saturated rings. The summed E-state index contributed by atoms with van der Waals surface area (Å²) >= 11 is 5.16. The number of H-pyrrole nitrogens is 1. The number of imidazole rings is 1. The van der Waals surface area contributed by atoms with Crippen LogP contribution in [0.1, 0.15) is 26.7 Å². The number of ether oxygens (including phenoxy) is 1. The first-order valence-electron chi connectivity index (χ1n) is 6.68. The van der Waals surface area contributed by atoms with Crippen molar-refractivity contribution < 1.29 is 13.5 Å². The van der Waals surface area contributed by atoms with Crippen LogP contribution in [-0.4, -0.2) is 22.3 Å². The number of aryl methyl sites for hydroxylation is 1. The number of hydrogen-bond donors (Lipinski definition) is 1. The summed E-state index contributed by atoms with van der Waals surface area (Å²) < 4.78 is 34.5. The molecule has 0 amide bonds. The summed E-state index contributed by atoms with van der Waals surface area (Å²) in [7, 11) is 0. The largest absolute Gasteiger partial charge is 0.379 e. The van der Waals surface area contributed by atoms with E-state index in [9.17, 15) is 8.78 Å². The van der Waals surface area contributed by atoms with Crippen molar-refractivity contribution in [1.82, 2.24) is 9.55 Å². The minimum absolute atomic E-state index is 0.216. The highest BCUT2D eigenvalue weighted by Gasteiger charge is 2.10. The molecule has 0 radical (unpaired) electrons. The molecule has 2 aromatic rings. The summed E-state index contributed by atoms with van der Waals surface area (Å²) in [5.74, 6) is -1.21. The van der Waals surface area contributed by atoms with E-state index in [4.69, 9.17) is 17.0 Å². The Hall–Kier alpha value is -1.27. The topological polar surface area (TPSA) is 29.9 Å². The fourth-order valence-corrected chi connectivity index (χ4v) is 2.39. The summed E-state index contributed by atoms with van der Waals surface area (Å²) in [6.07, 6.45) is 1.93. The van der Waals surface area contributed by atoms with E-state index >= 15 is 0 Å². The average molecular weight is 300 g/mol. The number of nitrogens with one attached hydrogen (secondary N) is 1. The van der Waals surface area contributed by atoms with Crippen molar-refractivity contribution in [2.24, 2.45) is 0 Å². The van der Waals surface area contributed by atoms with Crippen LogP contribution in [0.2, 0.25) is 0 Å². The standard InChI is InChI=1S/C14H18F2N2OS/c1-9(2)19-6-4-3-5-18-12-8-10(15)7-11(16)13(12)17-14(18)20/h7-9H,3-6H2,1-2H3,(H,17,20). The van der Waals surface area contributed by atoms with E-state index in [2.05, 4.69) is 4.98 Å². The number of halogens is 2. The minimum Gasteiger partial charge on any atom is -0.379 e. The molecule has 0 unspecified atom stereocenters. The van der Waals surface area contributed by atoms with Gasteiger partial charge in [-0.2, -0.15) is 0 Å². The van der Waals surface area contributed by atoms with Crippen LogP contribution in [-0.2, 0) is 11.3 Å². The Labute approximate surface area is 121 Å². The van der Waals surface area contributed by atoms with Gasteiger partial charge in [0, 0.05) is 19.2 Å². The number of unbranched alkanes of at least 4 members (excludes halogenated alkanes) is 1. The number of hydrogen-bond acceptors (Lipinski definition) is 2. The van der Waals surface area contributed by atoms with Crippen LogP contribution in [0.3, 0.4) is 0 Å². The first-order chi connectivity index (χ1) is 9.49. The lowest BCUT2D eigenvalue weighted by Gasteiger charge is -2.08. The van der Waals surface area contributed by atoms with Crippen molar-refractivity contribution in [2.45, 2.75) is 39.3 Å². The highest BCUT2D eigenvalue weighted by Crippen LogP contribution is 2.20. The fraction of sp³-hybridized carbons (Fsp3) is 0.500. The first kappa shape index (κ1) is 15.1. The van der Waals surface area contributed by atoms with Gasteiger partial charge in [0.25, 0.3) is 0 Å². The SMILES string of the molecule is CC(C)OCCCCn1c(=S)[nH]c2c(F)cc(F)cc21. The molecule has 2 rings (SSSR count). The van der Waals surface area contributed by atoms with Crippen molar-refractivity contribution in [2.75, 3.05) is 6.61 Å². The minimum atomic E-state index is -0.618. The third kappa shape index (κ3) is 3.43. The molecule has 0 aliphatic rings. The molecule has 3 nitrogen and oxygen atoms in total. The van der Waals surface area contributed by atoms with Gasteiger partial charge in [-0.3, -0.25) is 0 Å². The predicted molar refractivity (Wildman–Crippen MR) is 77.4 cm³/mol. The van der Waals surface area contributed by atoms with Gasteiger partial charge in [-0.05, 0) is 45.0 Å². The molecule has 20 heavy (non-hydrogen) atoms. The molecule has 0 spiro atoms. The third-order valence-corrected chi connectivity index (χ3v) is 3.35. The Morgan fingerprint density at radius 1 is 1.30 bits per heavy atom. The Balaban J connectivity index is 2.10. The van der Waals surface area contributed by atoms with Gasteiger partial charge in [-0.1, -0.05) is 0 Å². The van der Waals surface area contributed by atoms with Crippen molar-refractivity contribution in [3.8, 4) is 0 Å². The maximum atomic E-state index is 13.6. The van der Waals surface area contributed by atoms with E-state index in [1.807, 2.05) is 13.8 Å². The van der Waals surface area contributed by atoms with Crippen LogP contribution < -0.4 is 0 Å². The van der Waals surface area contributed by atoms with Gasteiger partial charge in [0.2, 0.25) is 0 Å². The molecule has 0 aliphatic heterocycles. The Morgan fingerprint density at radius 3 is 2.75 bits per heavy atom. The second-order valence-corrected chi connectivity index (χ2v) is 5.38. The first-order valence-corrected chi connectivity index (χ1v) is 7.09. The van der Waals surface area contributed by atoms with Crippen molar-refractivity contribution in [3.63, 3.8) is 0 Å². The second kappa shape index (κ2) is 6.45. The molecule has 0 bridgehead atoms. The maximum absolute atomic E-state index is 13.6. The summed E-state index contributed by atoms with van der Waals surface area (Å²) in [6, 6.07) is 2.16. The summed E-state index contributed by atoms with van der Waals surface area (Å²) in [4.78, 5) is 2.79. The van der Waals surface area contributed by atoms with Crippen LogP contribution >= 0.6 is 12.2 Å². The van der Waals surface area contributed by atoms with E-state index in [1.54, 1.807) is 4.57 Å². The van der Waals surface area contributed by atoms with Gasteiger partial charge in [0.05, 0.1) is 11.6 Å². The third-order valence-electron chi connectivity index (χ3n) is 3.03. The van der Waals surface area contributed by atoms with E-state index < -0.39 is 11.6 Å². The molecular weight excluding hydrogens is 282 g/mol. The van der Waals surface area contributed by atoms with Crippen molar-refractivity contribution >= 4 is 23.3 Å². The highest BCUT2D eigenvalue weighted by molar-refractivity contribution is 7.71. The zero-order chi connectivity index (χ0) is 14.7. The number of benzene rings is 1. The van der Waals surface area contributed by atoms with E-state index in [0.717, 1.165) is 18.9 Å². The van der Waals surface area contributed by atoms with Gasteiger partial charge in [0.15, 0.2) is 10.6 Å². The second-order valence-electron chi connectivity index (χ2n) is 4.99. The van der Waals surface area contributed by atoms with Crippen LogP contribution in [0.5, 0.6) is 0 Å². The summed E-state index contributed by atoms with van der Waals surface area (Å²) in [6.45, 7) is 5.27. The molecule has 1 N–H and O–H groups in total. The average Bonchev–Trinajstić information content (AvgIpc) is 2.66. The smallest absolute Gasteiger partial charge is 0.178 e.